The molecular formula is C25H28F3NO4S. The van der Waals surface area contributed by atoms with Gasteiger partial charge in [0.25, 0.3) is 0 Å². The first-order valence-corrected chi connectivity index (χ1v) is 11.6. The predicted octanol–water partition coefficient (Wildman–Crippen LogP) is 6.62. The summed E-state index contributed by atoms with van der Waals surface area (Å²) in [7, 11) is 1.29. The highest BCUT2D eigenvalue weighted by atomic mass is 32.2. The lowest BCUT2D eigenvalue weighted by molar-refractivity contribution is -0.139. The van der Waals surface area contributed by atoms with Gasteiger partial charge in [0.1, 0.15) is 11.5 Å². The fourth-order valence-corrected chi connectivity index (χ4v) is 3.55. The van der Waals surface area contributed by atoms with Crippen LogP contribution in [0.4, 0.5) is 18.9 Å². The van der Waals surface area contributed by atoms with E-state index < -0.39 is 23.3 Å². The number of carbonyl (C=O) groups is 2. The third-order valence-electron chi connectivity index (χ3n) is 4.62. The van der Waals surface area contributed by atoms with E-state index in [0.717, 1.165) is 0 Å². The molecule has 9 heteroatoms. The number of nitrogens with one attached hydrogen (secondary N) is 1. The standard InChI is InChI=1S/C25H28F3NO4S/c1-6-17-8-7-16(12-22(30)32-5)11-21(17)33-20-10-9-19(29-23(31)24(2,3)4)13-18(20)14-34-15-25(26,27)28/h6-11,13H,1,12,14-15H2,2-5H3,(H,29,31). The van der Waals surface area contributed by atoms with Crippen molar-refractivity contribution in [2.45, 2.75) is 39.1 Å². The highest BCUT2D eigenvalue weighted by Gasteiger charge is 2.27. The molecule has 0 saturated heterocycles. The molecule has 0 aromatic heterocycles. The number of alkyl halides is 3. The average Bonchev–Trinajstić information content (AvgIpc) is 2.74. The minimum Gasteiger partial charge on any atom is -0.469 e. The largest absolute Gasteiger partial charge is 0.469 e. The molecule has 0 saturated carbocycles. The van der Waals surface area contributed by atoms with Gasteiger partial charge in [-0.25, -0.2) is 0 Å². The second-order valence-corrected chi connectivity index (χ2v) is 9.55. The number of hydrogen-bond acceptors (Lipinski definition) is 5. The van der Waals surface area contributed by atoms with Crippen LogP contribution in [0.1, 0.15) is 37.5 Å². The zero-order valence-electron chi connectivity index (χ0n) is 19.5. The number of anilines is 1. The monoisotopic (exact) mass is 495 g/mol. The predicted molar refractivity (Wildman–Crippen MR) is 129 cm³/mol. The van der Waals surface area contributed by atoms with Crippen molar-refractivity contribution in [2.75, 3.05) is 18.2 Å². The van der Waals surface area contributed by atoms with Crippen molar-refractivity contribution in [3.8, 4) is 11.5 Å². The van der Waals surface area contributed by atoms with Crippen molar-refractivity contribution < 1.29 is 32.2 Å². The van der Waals surface area contributed by atoms with Crippen LogP contribution in [0.2, 0.25) is 0 Å². The Morgan fingerprint density at radius 2 is 1.79 bits per heavy atom. The van der Waals surface area contributed by atoms with Crippen LogP contribution < -0.4 is 10.1 Å². The van der Waals surface area contributed by atoms with Crippen LogP contribution >= 0.6 is 11.8 Å². The number of esters is 1. The number of hydrogen-bond donors (Lipinski definition) is 1. The SMILES string of the molecule is C=Cc1ccc(CC(=O)OC)cc1Oc1ccc(NC(=O)C(C)(C)C)cc1CSCC(F)(F)F. The summed E-state index contributed by atoms with van der Waals surface area (Å²) in [5.74, 6) is -0.914. The van der Waals surface area contributed by atoms with Crippen molar-refractivity contribution in [1.29, 1.82) is 0 Å². The molecule has 0 bridgehead atoms. The molecule has 0 fully saturated rings. The summed E-state index contributed by atoms with van der Waals surface area (Å²) in [5.41, 5.74) is 1.59. The van der Waals surface area contributed by atoms with E-state index in [4.69, 9.17) is 9.47 Å². The molecule has 0 aliphatic carbocycles. The Hall–Kier alpha value is -2.94. The lowest BCUT2D eigenvalue weighted by Gasteiger charge is -2.19. The van der Waals surface area contributed by atoms with Crippen LogP contribution in [0.25, 0.3) is 6.08 Å². The number of amides is 1. The molecule has 2 aromatic carbocycles. The Morgan fingerprint density at radius 3 is 2.38 bits per heavy atom. The summed E-state index contributed by atoms with van der Waals surface area (Å²) in [6, 6.07) is 9.97. The lowest BCUT2D eigenvalue weighted by Crippen LogP contribution is -2.27. The maximum Gasteiger partial charge on any atom is 0.397 e. The van der Waals surface area contributed by atoms with Crippen molar-refractivity contribution >= 4 is 35.4 Å². The molecule has 0 unspecified atom stereocenters. The van der Waals surface area contributed by atoms with Crippen LogP contribution in [0, 0.1) is 5.41 Å². The van der Waals surface area contributed by atoms with E-state index in [1.165, 1.54) is 7.11 Å². The quantitative estimate of drug-likeness (QED) is 0.396. The second-order valence-electron chi connectivity index (χ2n) is 8.57. The molecule has 0 spiro atoms. The number of carbonyl (C=O) groups excluding carboxylic acids is 2. The normalized spacial score (nSPS) is 11.6. The van der Waals surface area contributed by atoms with E-state index in [0.29, 0.717) is 45.6 Å². The Bertz CT molecular complexity index is 1050. The van der Waals surface area contributed by atoms with Crippen LogP contribution in [-0.2, 0) is 26.5 Å². The highest BCUT2D eigenvalue weighted by molar-refractivity contribution is 7.98. The van der Waals surface area contributed by atoms with Gasteiger partial charge in [-0.15, -0.1) is 11.8 Å². The Morgan fingerprint density at radius 1 is 1.09 bits per heavy atom. The molecule has 2 rings (SSSR count). The van der Waals surface area contributed by atoms with Crippen molar-refractivity contribution in [2.24, 2.45) is 5.41 Å². The molecule has 0 atom stereocenters. The fourth-order valence-electron chi connectivity index (χ4n) is 2.77. The van der Waals surface area contributed by atoms with Gasteiger partial charge < -0.3 is 14.8 Å². The first-order valence-electron chi connectivity index (χ1n) is 10.4. The zero-order valence-corrected chi connectivity index (χ0v) is 20.4. The number of ether oxygens (including phenoxy) is 2. The maximum atomic E-state index is 12.7. The van der Waals surface area contributed by atoms with Gasteiger partial charge in [-0.1, -0.05) is 45.6 Å². The summed E-state index contributed by atoms with van der Waals surface area (Å²) >= 11 is 0.697. The van der Waals surface area contributed by atoms with Crippen LogP contribution in [0.3, 0.4) is 0 Å². The van der Waals surface area contributed by atoms with Gasteiger partial charge in [-0.2, -0.15) is 13.2 Å². The van der Waals surface area contributed by atoms with E-state index in [1.54, 1.807) is 63.2 Å². The molecule has 1 N–H and O–H groups in total. The van der Waals surface area contributed by atoms with E-state index in [9.17, 15) is 22.8 Å². The van der Waals surface area contributed by atoms with E-state index >= 15 is 0 Å². The average molecular weight is 496 g/mol. The van der Waals surface area contributed by atoms with Crippen molar-refractivity contribution in [3.05, 3.63) is 59.7 Å². The van der Waals surface area contributed by atoms with E-state index in [-0.39, 0.29) is 18.1 Å². The lowest BCUT2D eigenvalue weighted by atomic mass is 9.95. The summed E-state index contributed by atoms with van der Waals surface area (Å²) in [6.45, 7) is 9.05. The third kappa shape index (κ3) is 8.44. The molecule has 34 heavy (non-hydrogen) atoms. The van der Waals surface area contributed by atoms with E-state index in [2.05, 4.69) is 11.9 Å². The highest BCUT2D eigenvalue weighted by Crippen LogP contribution is 2.35. The molecule has 0 aliphatic rings. The van der Waals surface area contributed by atoms with Gasteiger partial charge >= 0.3 is 12.1 Å². The number of methoxy groups -OCH3 is 1. The summed E-state index contributed by atoms with van der Waals surface area (Å²) in [4.78, 5) is 24.0. The third-order valence-corrected chi connectivity index (χ3v) is 5.66. The second kappa shape index (κ2) is 11.5. The van der Waals surface area contributed by atoms with Gasteiger partial charge in [0.2, 0.25) is 5.91 Å². The summed E-state index contributed by atoms with van der Waals surface area (Å²) in [6.07, 6.45) is -2.69. The van der Waals surface area contributed by atoms with Crippen LogP contribution in [-0.4, -0.2) is 30.9 Å². The molecule has 5 nitrogen and oxygen atoms in total. The van der Waals surface area contributed by atoms with Crippen molar-refractivity contribution in [3.63, 3.8) is 0 Å². The molecular weight excluding hydrogens is 467 g/mol. The summed E-state index contributed by atoms with van der Waals surface area (Å²) in [5, 5.41) is 2.79. The van der Waals surface area contributed by atoms with E-state index in [1.807, 2.05) is 0 Å². The van der Waals surface area contributed by atoms with Gasteiger partial charge in [0.15, 0.2) is 0 Å². The van der Waals surface area contributed by atoms with Gasteiger partial charge in [-0.05, 0) is 29.8 Å². The fraction of sp³-hybridized carbons (Fsp3) is 0.360. The van der Waals surface area contributed by atoms with Crippen LogP contribution in [0.15, 0.2) is 43.0 Å². The smallest absolute Gasteiger partial charge is 0.397 e. The molecule has 2 aromatic rings. The minimum absolute atomic E-state index is 0.0132. The Kier molecular flexibility index (Phi) is 9.21. The van der Waals surface area contributed by atoms with Crippen molar-refractivity contribution in [1.82, 2.24) is 0 Å². The first kappa shape index (κ1) is 27.3. The Labute approximate surface area is 201 Å². The van der Waals surface area contributed by atoms with Gasteiger partial charge in [-0.3, -0.25) is 9.59 Å². The van der Waals surface area contributed by atoms with Crippen LogP contribution in [0.5, 0.6) is 11.5 Å². The molecule has 0 heterocycles. The molecule has 184 valence electrons. The zero-order chi connectivity index (χ0) is 25.5. The Balaban J connectivity index is 2.38. The number of halogens is 3. The van der Waals surface area contributed by atoms with Gasteiger partial charge in [0.05, 0.1) is 19.3 Å². The topological polar surface area (TPSA) is 64.6 Å². The first-order chi connectivity index (χ1) is 15.8. The number of thioether (sulfide) groups is 1. The maximum absolute atomic E-state index is 12.7. The molecule has 0 radical (unpaired) electrons. The summed E-state index contributed by atoms with van der Waals surface area (Å²) < 4.78 is 48.9. The number of benzene rings is 2. The molecule has 0 aliphatic heterocycles. The molecule has 1 amide bonds. The minimum atomic E-state index is -4.30. The number of rotatable bonds is 9. The van der Waals surface area contributed by atoms with Gasteiger partial charge in [0, 0.05) is 28.0 Å².